The molecule has 5 rings (SSSR count). The Morgan fingerprint density at radius 1 is 1.06 bits per heavy atom. The minimum atomic E-state index is -0.996. The van der Waals surface area contributed by atoms with Crippen LogP contribution in [0.1, 0.15) is 46.8 Å². The molecule has 1 aliphatic heterocycles. The van der Waals surface area contributed by atoms with Gasteiger partial charge >= 0.3 is 5.97 Å². The quantitative estimate of drug-likeness (QED) is 0.692. The number of thiazole rings is 1. The van der Waals surface area contributed by atoms with Crippen LogP contribution in [0.5, 0.6) is 0 Å². The molecule has 154 valence electrons. The molecule has 3 aromatic rings. The highest BCUT2D eigenvalue weighted by atomic mass is 32.1. The first kappa shape index (κ1) is 19.4. The average molecular weight is 430 g/mol. The Morgan fingerprint density at radius 3 is 2.52 bits per heavy atom. The van der Waals surface area contributed by atoms with Crippen LogP contribution in [0.3, 0.4) is 0 Å². The number of ketones is 1. The summed E-state index contributed by atoms with van der Waals surface area (Å²) in [5.74, 6) is -0.943. The highest BCUT2D eigenvalue weighted by Gasteiger charge is 2.34. The number of fused-ring (bicyclic) bond motifs is 1. The summed E-state index contributed by atoms with van der Waals surface area (Å²) < 4.78 is 2.12. The summed E-state index contributed by atoms with van der Waals surface area (Å²) in [6.07, 6.45) is 3.71. The third-order valence-corrected chi connectivity index (χ3v) is 6.58. The molecule has 0 spiro atoms. The number of hydrogen-bond acceptors (Lipinski definition) is 5. The fraction of sp³-hybridized carbons (Fsp3) is 0.167. The van der Waals surface area contributed by atoms with Gasteiger partial charge in [-0.2, -0.15) is 0 Å². The van der Waals surface area contributed by atoms with Crippen LogP contribution in [0.25, 0.3) is 6.08 Å². The van der Waals surface area contributed by atoms with Crippen molar-refractivity contribution in [1.29, 1.82) is 0 Å². The van der Waals surface area contributed by atoms with Crippen LogP contribution < -0.4 is 14.9 Å². The molecule has 7 heteroatoms. The first-order chi connectivity index (χ1) is 15.0. The van der Waals surface area contributed by atoms with Crippen LogP contribution in [0.15, 0.2) is 75.7 Å². The van der Waals surface area contributed by atoms with E-state index in [-0.39, 0.29) is 16.9 Å². The molecule has 31 heavy (non-hydrogen) atoms. The molecule has 1 atom stereocenters. The first-order valence-electron chi connectivity index (χ1n) is 9.99. The number of benzene rings is 2. The lowest BCUT2D eigenvalue weighted by molar-refractivity contribution is -0.116. The van der Waals surface area contributed by atoms with E-state index in [0.29, 0.717) is 21.3 Å². The van der Waals surface area contributed by atoms with Crippen molar-refractivity contribution in [2.24, 2.45) is 4.99 Å². The number of nitrogens with zero attached hydrogens (tertiary/aromatic N) is 2. The maximum Gasteiger partial charge on any atom is 0.335 e. The number of carboxylic acid groups (broad SMARTS) is 1. The van der Waals surface area contributed by atoms with Gasteiger partial charge in [0, 0.05) is 12.0 Å². The molecule has 1 aliphatic carbocycles. The van der Waals surface area contributed by atoms with Crippen molar-refractivity contribution in [3.63, 3.8) is 0 Å². The van der Waals surface area contributed by atoms with Crippen molar-refractivity contribution >= 4 is 29.2 Å². The molecule has 2 aliphatic rings. The van der Waals surface area contributed by atoms with Crippen molar-refractivity contribution in [1.82, 2.24) is 4.57 Å². The second kappa shape index (κ2) is 7.59. The number of allylic oxidation sites excluding steroid dienone is 2. The monoisotopic (exact) mass is 430 g/mol. The van der Waals surface area contributed by atoms with Gasteiger partial charge in [-0.25, -0.2) is 9.79 Å². The number of aromatic carboxylic acids is 1. The molecule has 1 N–H and O–H groups in total. The molecule has 0 fully saturated rings. The van der Waals surface area contributed by atoms with Gasteiger partial charge < -0.3 is 5.11 Å². The fourth-order valence-electron chi connectivity index (χ4n) is 4.13. The third-order valence-electron chi connectivity index (χ3n) is 5.60. The Balaban J connectivity index is 1.70. The van der Waals surface area contributed by atoms with Crippen molar-refractivity contribution in [2.45, 2.75) is 25.3 Å². The molecule has 1 aromatic heterocycles. The number of aromatic nitrogens is 1. The zero-order valence-electron chi connectivity index (χ0n) is 16.4. The van der Waals surface area contributed by atoms with Crippen LogP contribution in [-0.2, 0) is 4.79 Å². The molecule has 0 saturated heterocycles. The molecule has 0 bridgehead atoms. The Hall–Kier alpha value is -3.58. The molecule has 0 radical (unpaired) electrons. The van der Waals surface area contributed by atoms with E-state index in [1.54, 1.807) is 22.8 Å². The summed E-state index contributed by atoms with van der Waals surface area (Å²) in [5, 5.41) is 9.07. The van der Waals surface area contributed by atoms with Gasteiger partial charge in [-0.3, -0.25) is 14.2 Å². The second-order valence-electron chi connectivity index (χ2n) is 7.56. The minimum Gasteiger partial charge on any atom is -0.478 e. The highest BCUT2D eigenvalue weighted by molar-refractivity contribution is 7.07. The molecule has 0 amide bonds. The van der Waals surface area contributed by atoms with E-state index in [9.17, 15) is 14.4 Å². The molecule has 1 unspecified atom stereocenters. The summed E-state index contributed by atoms with van der Waals surface area (Å²) in [6.45, 7) is 0. The molecule has 2 heterocycles. The van der Waals surface area contributed by atoms with E-state index in [2.05, 4.69) is 0 Å². The van der Waals surface area contributed by atoms with Gasteiger partial charge in [-0.05, 0) is 42.2 Å². The molecule has 0 saturated carbocycles. The largest absolute Gasteiger partial charge is 0.478 e. The van der Waals surface area contributed by atoms with E-state index in [4.69, 9.17) is 10.1 Å². The topological polar surface area (TPSA) is 88.7 Å². The zero-order valence-corrected chi connectivity index (χ0v) is 17.3. The average Bonchev–Trinajstić information content (AvgIpc) is 3.08. The maximum absolute atomic E-state index is 13.4. The molecular formula is C24H18N2O4S. The van der Waals surface area contributed by atoms with Crippen LogP contribution in [0, 0.1) is 0 Å². The number of carboxylic acids is 1. The van der Waals surface area contributed by atoms with E-state index in [1.165, 1.54) is 23.5 Å². The van der Waals surface area contributed by atoms with Crippen LogP contribution in [-0.4, -0.2) is 21.4 Å². The molecular weight excluding hydrogens is 412 g/mol. The smallest absolute Gasteiger partial charge is 0.335 e. The van der Waals surface area contributed by atoms with Crippen LogP contribution >= 0.6 is 11.3 Å². The summed E-state index contributed by atoms with van der Waals surface area (Å²) in [5.41, 5.74) is 3.01. The van der Waals surface area contributed by atoms with Gasteiger partial charge in [0.1, 0.15) is 0 Å². The number of carbonyl (C=O) groups excluding carboxylic acids is 1. The number of Topliss-reactive ketones (excluding diaryl/α,β-unsaturated/α-hetero) is 1. The van der Waals surface area contributed by atoms with Crippen molar-refractivity contribution < 1.29 is 14.7 Å². The summed E-state index contributed by atoms with van der Waals surface area (Å²) in [6, 6.07) is 15.5. The Bertz CT molecular complexity index is 1410. The normalized spacial score (nSPS) is 18.4. The molecule has 6 nitrogen and oxygen atoms in total. The maximum atomic E-state index is 13.4. The summed E-state index contributed by atoms with van der Waals surface area (Å²) >= 11 is 1.29. The third kappa shape index (κ3) is 3.37. The van der Waals surface area contributed by atoms with Gasteiger partial charge in [-0.1, -0.05) is 53.8 Å². The molecule has 2 aromatic carbocycles. The Kier molecular flexibility index (Phi) is 4.75. The number of rotatable bonds is 3. The lowest BCUT2D eigenvalue weighted by Crippen LogP contribution is -2.40. The lowest BCUT2D eigenvalue weighted by Gasteiger charge is -2.28. The van der Waals surface area contributed by atoms with E-state index in [0.717, 1.165) is 29.7 Å². The van der Waals surface area contributed by atoms with Gasteiger partial charge in [0.2, 0.25) is 0 Å². The van der Waals surface area contributed by atoms with Crippen molar-refractivity contribution in [2.75, 3.05) is 0 Å². The fourth-order valence-corrected chi connectivity index (χ4v) is 5.15. The van der Waals surface area contributed by atoms with Gasteiger partial charge in [0.15, 0.2) is 10.6 Å². The lowest BCUT2D eigenvalue weighted by atomic mass is 9.86. The SMILES string of the molecule is O=C1CCCC2=C1C(c1ccccc1)n1c(sc(=Cc3ccc(C(=O)O)cc3)c1=O)=N2. The van der Waals surface area contributed by atoms with E-state index >= 15 is 0 Å². The van der Waals surface area contributed by atoms with Crippen LogP contribution in [0.4, 0.5) is 0 Å². The van der Waals surface area contributed by atoms with E-state index < -0.39 is 12.0 Å². The predicted octanol–water partition coefficient (Wildman–Crippen LogP) is 2.67. The van der Waals surface area contributed by atoms with E-state index in [1.807, 2.05) is 30.3 Å². The zero-order chi connectivity index (χ0) is 21.5. The predicted molar refractivity (Wildman–Crippen MR) is 117 cm³/mol. The number of carbonyl (C=O) groups is 2. The highest BCUT2D eigenvalue weighted by Crippen LogP contribution is 2.35. The van der Waals surface area contributed by atoms with Gasteiger partial charge in [-0.15, -0.1) is 0 Å². The summed E-state index contributed by atoms with van der Waals surface area (Å²) in [7, 11) is 0. The van der Waals surface area contributed by atoms with Crippen LogP contribution in [0.2, 0.25) is 0 Å². The van der Waals surface area contributed by atoms with Gasteiger partial charge in [0.05, 0.1) is 21.8 Å². The Morgan fingerprint density at radius 2 is 1.81 bits per heavy atom. The first-order valence-corrected chi connectivity index (χ1v) is 10.8. The Labute approximate surface area is 181 Å². The van der Waals surface area contributed by atoms with Gasteiger partial charge in [0.25, 0.3) is 5.56 Å². The minimum absolute atomic E-state index is 0.0531. The second-order valence-corrected chi connectivity index (χ2v) is 8.57. The van der Waals surface area contributed by atoms with Crippen molar-refractivity contribution in [3.05, 3.63) is 102 Å². The number of hydrogen-bond donors (Lipinski definition) is 1. The van der Waals surface area contributed by atoms with Crippen molar-refractivity contribution in [3.8, 4) is 0 Å². The summed E-state index contributed by atoms with van der Waals surface area (Å²) in [4.78, 5) is 42.6. The standard InChI is InChI=1S/C24H18N2O4S/c27-18-8-4-7-17-20(18)21(15-5-2-1-3-6-15)26-22(28)19(31-24(26)25-17)13-14-9-11-16(12-10-14)23(29)30/h1-3,5-6,9-13,21H,4,7-8H2,(H,29,30).